The van der Waals surface area contributed by atoms with Crippen molar-refractivity contribution in [1.29, 1.82) is 0 Å². The summed E-state index contributed by atoms with van der Waals surface area (Å²) in [5, 5.41) is 12.7. The summed E-state index contributed by atoms with van der Waals surface area (Å²) < 4.78 is 55.4. The number of piperidine rings is 1. The van der Waals surface area contributed by atoms with E-state index in [1.807, 2.05) is 30.1 Å². The molecule has 0 spiro atoms. The molecule has 0 bridgehead atoms. The van der Waals surface area contributed by atoms with E-state index in [2.05, 4.69) is 15.3 Å². The normalized spacial score (nSPS) is 14.9. The highest BCUT2D eigenvalue weighted by Crippen LogP contribution is 2.34. The molecule has 3 heterocycles. The van der Waals surface area contributed by atoms with Crippen LogP contribution in [0.25, 0.3) is 11.4 Å². The number of carbonyl (C=O) groups is 1. The van der Waals surface area contributed by atoms with Gasteiger partial charge in [-0.05, 0) is 48.7 Å². The SMILES string of the molecule is CC(=O)N(Cc1ccc(F)cc1C(F)(F)F)C1CCN(c2ccc(-c3ccnn3C)nn2)CC1. The van der Waals surface area contributed by atoms with E-state index in [0.29, 0.717) is 43.5 Å². The summed E-state index contributed by atoms with van der Waals surface area (Å²) in [6.45, 7) is 2.26. The Morgan fingerprint density at radius 1 is 1.12 bits per heavy atom. The van der Waals surface area contributed by atoms with E-state index in [-0.39, 0.29) is 24.1 Å². The molecule has 0 saturated carbocycles. The van der Waals surface area contributed by atoms with Crippen LogP contribution in [0.3, 0.4) is 0 Å². The first-order valence-corrected chi connectivity index (χ1v) is 10.8. The van der Waals surface area contributed by atoms with E-state index in [1.54, 1.807) is 10.9 Å². The molecule has 1 amide bonds. The molecule has 0 atom stereocenters. The van der Waals surface area contributed by atoms with E-state index in [9.17, 15) is 22.4 Å². The largest absolute Gasteiger partial charge is 0.416 e. The Labute approximate surface area is 194 Å². The van der Waals surface area contributed by atoms with Crippen molar-refractivity contribution in [3.8, 4) is 11.4 Å². The minimum absolute atomic E-state index is 0.122. The first-order chi connectivity index (χ1) is 16.1. The predicted molar refractivity (Wildman–Crippen MR) is 117 cm³/mol. The van der Waals surface area contributed by atoms with Gasteiger partial charge in [0.25, 0.3) is 0 Å². The van der Waals surface area contributed by atoms with Crippen LogP contribution < -0.4 is 4.90 Å². The van der Waals surface area contributed by atoms with Gasteiger partial charge in [-0.1, -0.05) is 6.07 Å². The maximum Gasteiger partial charge on any atom is 0.416 e. The lowest BCUT2D eigenvalue weighted by atomic mass is 10.00. The lowest BCUT2D eigenvalue weighted by Crippen LogP contribution is -2.46. The van der Waals surface area contributed by atoms with E-state index in [1.165, 1.54) is 11.8 Å². The standard InChI is InChI=1S/C23H24F4N6O/c1-15(34)33(14-16-3-4-17(24)13-19(16)23(25,26)27)18-8-11-32(12-9-18)22-6-5-20(29-30-22)21-7-10-28-31(21)2/h3-7,10,13,18H,8-9,11-12,14H2,1-2H3. The third kappa shape index (κ3) is 5.02. The molecule has 4 rings (SSSR count). The van der Waals surface area contributed by atoms with Gasteiger partial charge in [-0.25, -0.2) is 4.39 Å². The second-order valence-corrected chi connectivity index (χ2v) is 8.28. The predicted octanol–water partition coefficient (Wildman–Crippen LogP) is 4.05. The minimum Gasteiger partial charge on any atom is -0.355 e. The third-order valence-corrected chi connectivity index (χ3v) is 6.09. The number of hydrogen-bond donors (Lipinski definition) is 0. The van der Waals surface area contributed by atoms with E-state index in [0.717, 1.165) is 17.8 Å². The van der Waals surface area contributed by atoms with Crippen LogP contribution in [0.2, 0.25) is 0 Å². The summed E-state index contributed by atoms with van der Waals surface area (Å²) in [4.78, 5) is 15.8. The quantitative estimate of drug-likeness (QED) is 0.520. The van der Waals surface area contributed by atoms with Gasteiger partial charge in [0.05, 0.1) is 11.3 Å². The lowest BCUT2D eigenvalue weighted by molar-refractivity contribution is -0.140. The molecular formula is C23H24F4N6O. The van der Waals surface area contributed by atoms with Crippen molar-refractivity contribution in [2.75, 3.05) is 18.0 Å². The van der Waals surface area contributed by atoms with E-state index < -0.39 is 17.6 Å². The Morgan fingerprint density at radius 2 is 1.85 bits per heavy atom. The number of aryl methyl sites for hydroxylation is 1. The molecule has 1 aliphatic rings. The molecular weight excluding hydrogens is 452 g/mol. The van der Waals surface area contributed by atoms with Crippen LogP contribution >= 0.6 is 0 Å². The number of halogens is 4. The molecule has 180 valence electrons. The van der Waals surface area contributed by atoms with E-state index in [4.69, 9.17) is 0 Å². The van der Waals surface area contributed by atoms with Gasteiger partial charge in [0.1, 0.15) is 11.5 Å². The van der Waals surface area contributed by atoms with E-state index >= 15 is 0 Å². The van der Waals surface area contributed by atoms with Gasteiger partial charge < -0.3 is 9.80 Å². The molecule has 11 heteroatoms. The van der Waals surface area contributed by atoms with Crippen molar-refractivity contribution in [3.05, 3.63) is 59.5 Å². The number of alkyl halides is 3. The Balaban J connectivity index is 1.44. The van der Waals surface area contributed by atoms with Crippen molar-refractivity contribution >= 4 is 11.7 Å². The summed E-state index contributed by atoms with van der Waals surface area (Å²) >= 11 is 0. The van der Waals surface area contributed by atoms with Gasteiger partial charge >= 0.3 is 6.18 Å². The maximum absolute atomic E-state index is 13.5. The number of benzene rings is 1. The highest BCUT2D eigenvalue weighted by molar-refractivity contribution is 5.73. The number of carbonyl (C=O) groups excluding carboxylic acids is 1. The topological polar surface area (TPSA) is 67.2 Å². The Bertz CT molecular complexity index is 1150. The number of hydrogen-bond acceptors (Lipinski definition) is 5. The van der Waals surface area contributed by atoms with Gasteiger partial charge in [-0.3, -0.25) is 9.48 Å². The second-order valence-electron chi connectivity index (χ2n) is 8.28. The van der Waals surface area contributed by atoms with Crippen molar-refractivity contribution < 1.29 is 22.4 Å². The Kier molecular flexibility index (Phi) is 6.54. The molecule has 34 heavy (non-hydrogen) atoms. The van der Waals surface area contributed by atoms with Crippen LogP contribution in [0.5, 0.6) is 0 Å². The minimum atomic E-state index is -4.70. The molecule has 1 fully saturated rings. The van der Waals surface area contributed by atoms with Gasteiger partial charge in [0.15, 0.2) is 5.82 Å². The lowest BCUT2D eigenvalue weighted by Gasteiger charge is -2.38. The zero-order valence-corrected chi connectivity index (χ0v) is 18.8. The maximum atomic E-state index is 13.5. The zero-order chi connectivity index (χ0) is 24.5. The van der Waals surface area contributed by atoms with Crippen LogP contribution in [-0.4, -0.2) is 49.9 Å². The zero-order valence-electron chi connectivity index (χ0n) is 18.8. The molecule has 1 aliphatic heterocycles. The van der Waals surface area contributed by atoms with Gasteiger partial charge in [-0.15, -0.1) is 10.2 Å². The fourth-order valence-electron chi connectivity index (χ4n) is 4.29. The molecule has 7 nitrogen and oxygen atoms in total. The monoisotopic (exact) mass is 476 g/mol. The smallest absolute Gasteiger partial charge is 0.355 e. The summed E-state index contributed by atoms with van der Waals surface area (Å²) in [5.41, 5.74) is 0.359. The van der Waals surface area contributed by atoms with Crippen LogP contribution in [0.4, 0.5) is 23.4 Å². The second kappa shape index (κ2) is 9.40. The average Bonchev–Trinajstić information content (AvgIpc) is 3.23. The Morgan fingerprint density at radius 3 is 2.41 bits per heavy atom. The summed E-state index contributed by atoms with van der Waals surface area (Å²) in [6.07, 6.45) is -1.90. The van der Waals surface area contributed by atoms with Crippen LogP contribution in [0.15, 0.2) is 42.6 Å². The number of amides is 1. The fourth-order valence-corrected chi connectivity index (χ4v) is 4.29. The van der Waals surface area contributed by atoms with Crippen molar-refractivity contribution in [3.63, 3.8) is 0 Å². The molecule has 1 saturated heterocycles. The molecule has 0 unspecified atom stereocenters. The molecule has 2 aromatic heterocycles. The van der Waals surface area contributed by atoms with Gasteiger partial charge in [0, 0.05) is 45.8 Å². The number of aromatic nitrogens is 4. The summed E-state index contributed by atoms with van der Waals surface area (Å²) in [5.74, 6) is -0.595. The molecule has 1 aromatic carbocycles. The van der Waals surface area contributed by atoms with Crippen LogP contribution in [0, 0.1) is 5.82 Å². The van der Waals surface area contributed by atoms with Crippen molar-refractivity contribution in [2.24, 2.45) is 7.05 Å². The molecule has 0 radical (unpaired) electrons. The number of rotatable bonds is 5. The fraction of sp³-hybridized carbons (Fsp3) is 0.391. The van der Waals surface area contributed by atoms with Crippen molar-refractivity contribution in [1.82, 2.24) is 24.9 Å². The van der Waals surface area contributed by atoms with Gasteiger partial charge in [0.2, 0.25) is 5.91 Å². The molecule has 0 N–H and O–H groups in total. The van der Waals surface area contributed by atoms with Crippen molar-refractivity contribution in [2.45, 2.75) is 38.5 Å². The summed E-state index contributed by atoms with van der Waals surface area (Å²) in [7, 11) is 1.82. The third-order valence-electron chi connectivity index (χ3n) is 6.09. The van der Waals surface area contributed by atoms with Gasteiger partial charge in [-0.2, -0.15) is 18.3 Å². The summed E-state index contributed by atoms with van der Waals surface area (Å²) in [6, 6.07) is 7.90. The molecule has 0 aliphatic carbocycles. The Hall–Kier alpha value is -3.50. The first kappa shape index (κ1) is 23.7. The van der Waals surface area contributed by atoms with Crippen LogP contribution in [-0.2, 0) is 24.6 Å². The van der Waals surface area contributed by atoms with Crippen LogP contribution in [0.1, 0.15) is 30.9 Å². The average molecular weight is 476 g/mol. The number of anilines is 1. The highest BCUT2D eigenvalue weighted by atomic mass is 19.4. The number of nitrogens with zero attached hydrogens (tertiary/aromatic N) is 6. The molecule has 3 aromatic rings. The first-order valence-electron chi connectivity index (χ1n) is 10.8. The highest BCUT2D eigenvalue weighted by Gasteiger charge is 2.35.